The van der Waals surface area contributed by atoms with Crippen LogP contribution in [0, 0.1) is 3.57 Å². The average molecular weight is 379 g/mol. The minimum Gasteiger partial charge on any atom is -0.465 e. The molecule has 0 N–H and O–H groups in total. The molecule has 2 heterocycles. The lowest BCUT2D eigenvalue weighted by Crippen LogP contribution is -2.02. The number of nitrogens with zero attached hydrogens (tertiary/aromatic N) is 1. The van der Waals surface area contributed by atoms with E-state index in [2.05, 4.69) is 27.6 Å². The fourth-order valence-corrected chi connectivity index (χ4v) is 2.63. The second kappa shape index (κ2) is 5.24. The molecule has 20 heavy (non-hydrogen) atoms. The van der Waals surface area contributed by atoms with Crippen molar-refractivity contribution >= 4 is 39.5 Å². The Bertz CT molecular complexity index is 795. The molecule has 0 radical (unpaired) electrons. The van der Waals surface area contributed by atoms with E-state index in [-0.39, 0.29) is 5.97 Å². The number of hydrogen-bond donors (Lipinski definition) is 0. The van der Waals surface area contributed by atoms with Crippen LogP contribution in [0.2, 0.25) is 0 Å². The zero-order chi connectivity index (χ0) is 14.1. The number of rotatable bonds is 2. The van der Waals surface area contributed by atoms with Crippen LogP contribution in [0.4, 0.5) is 0 Å². The first-order valence-corrected chi connectivity index (χ1v) is 6.99. The highest BCUT2D eigenvalue weighted by molar-refractivity contribution is 14.1. The van der Waals surface area contributed by atoms with Gasteiger partial charge in [0.15, 0.2) is 5.58 Å². The van der Waals surface area contributed by atoms with Gasteiger partial charge < -0.3 is 9.15 Å². The topological polar surface area (TPSA) is 52.3 Å². The maximum atomic E-state index is 11.8. The molecule has 0 aliphatic carbocycles. The predicted molar refractivity (Wildman–Crippen MR) is 83.5 cm³/mol. The van der Waals surface area contributed by atoms with Gasteiger partial charge in [-0.15, -0.1) is 0 Å². The molecule has 100 valence electrons. The van der Waals surface area contributed by atoms with Crippen LogP contribution in [0.15, 0.2) is 47.1 Å². The van der Waals surface area contributed by atoms with Gasteiger partial charge in [0, 0.05) is 23.3 Å². The Morgan fingerprint density at radius 2 is 2.10 bits per heavy atom. The van der Waals surface area contributed by atoms with E-state index in [1.807, 2.05) is 18.2 Å². The lowest BCUT2D eigenvalue weighted by atomic mass is 10.1. The summed E-state index contributed by atoms with van der Waals surface area (Å²) in [5.41, 5.74) is 1.97. The zero-order valence-corrected chi connectivity index (χ0v) is 12.7. The molecule has 4 nitrogen and oxygen atoms in total. The highest BCUT2D eigenvalue weighted by Gasteiger charge is 2.16. The van der Waals surface area contributed by atoms with Crippen LogP contribution in [-0.4, -0.2) is 18.1 Å². The molecule has 0 aliphatic heterocycles. The number of methoxy groups -OCH3 is 1. The number of esters is 1. The standard InChI is InChI=1S/C15H10INO3/c1-19-15(18)11-5-3-2-4-10(11)13-6-9-7-17-8-12(16)14(9)20-13/h2-8H,1H3. The first-order chi connectivity index (χ1) is 9.70. The van der Waals surface area contributed by atoms with Gasteiger partial charge in [-0.05, 0) is 34.7 Å². The van der Waals surface area contributed by atoms with Gasteiger partial charge in [-0.2, -0.15) is 0 Å². The molecule has 0 aliphatic rings. The molecule has 0 saturated carbocycles. The number of pyridine rings is 1. The smallest absolute Gasteiger partial charge is 0.338 e. The third-order valence-electron chi connectivity index (χ3n) is 2.98. The van der Waals surface area contributed by atoms with E-state index in [0.717, 1.165) is 14.5 Å². The van der Waals surface area contributed by atoms with E-state index in [4.69, 9.17) is 9.15 Å². The SMILES string of the molecule is COC(=O)c1ccccc1-c1cc2cncc(I)c2o1. The van der Waals surface area contributed by atoms with Gasteiger partial charge in [-0.25, -0.2) is 4.79 Å². The van der Waals surface area contributed by atoms with Gasteiger partial charge >= 0.3 is 5.97 Å². The molecule has 0 spiro atoms. The molecule has 3 aromatic rings. The predicted octanol–water partition coefficient (Wildman–Crippen LogP) is 3.89. The van der Waals surface area contributed by atoms with Crippen molar-refractivity contribution in [3.63, 3.8) is 0 Å². The normalized spacial score (nSPS) is 10.7. The Balaban J connectivity index is 2.21. The fourth-order valence-electron chi connectivity index (χ4n) is 2.05. The van der Waals surface area contributed by atoms with Crippen LogP contribution in [0.5, 0.6) is 0 Å². The Morgan fingerprint density at radius 3 is 2.85 bits per heavy atom. The van der Waals surface area contributed by atoms with Crippen molar-refractivity contribution in [1.29, 1.82) is 0 Å². The molecule has 0 amide bonds. The van der Waals surface area contributed by atoms with E-state index in [1.54, 1.807) is 24.5 Å². The maximum absolute atomic E-state index is 11.8. The number of hydrogen-bond acceptors (Lipinski definition) is 4. The van der Waals surface area contributed by atoms with Crippen LogP contribution < -0.4 is 0 Å². The van der Waals surface area contributed by atoms with E-state index < -0.39 is 0 Å². The van der Waals surface area contributed by atoms with E-state index in [1.165, 1.54) is 7.11 Å². The van der Waals surface area contributed by atoms with Gasteiger partial charge in [0.05, 0.1) is 16.2 Å². The molecule has 5 heteroatoms. The number of halogens is 1. The molecule has 1 aromatic carbocycles. The highest BCUT2D eigenvalue weighted by Crippen LogP contribution is 2.31. The quantitative estimate of drug-likeness (QED) is 0.501. The minimum absolute atomic E-state index is 0.381. The highest BCUT2D eigenvalue weighted by atomic mass is 127. The Labute approximate surface area is 128 Å². The van der Waals surface area contributed by atoms with Gasteiger partial charge in [0.2, 0.25) is 0 Å². The van der Waals surface area contributed by atoms with Crippen LogP contribution in [-0.2, 0) is 4.74 Å². The van der Waals surface area contributed by atoms with E-state index >= 15 is 0 Å². The summed E-state index contributed by atoms with van der Waals surface area (Å²) >= 11 is 2.17. The summed E-state index contributed by atoms with van der Waals surface area (Å²) in [7, 11) is 1.37. The Morgan fingerprint density at radius 1 is 1.30 bits per heavy atom. The molecule has 2 aromatic heterocycles. The van der Waals surface area contributed by atoms with Gasteiger partial charge in [-0.3, -0.25) is 4.98 Å². The summed E-state index contributed by atoms with van der Waals surface area (Å²) in [6.45, 7) is 0. The van der Waals surface area contributed by atoms with Gasteiger partial charge in [0.25, 0.3) is 0 Å². The summed E-state index contributed by atoms with van der Waals surface area (Å²) in [6, 6.07) is 9.09. The van der Waals surface area contributed by atoms with Crippen molar-refractivity contribution in [2.24, 2.45) is 0 Å². The molecule has 3 rings (SSSR count). The lowest BCUT2D eigenvalue weighted by molar-refractivity contribution is 0.0601. The molecule has 0 unspecified atom stereocenters. The first-order valence-electron chi connectivity index (χ1n) is 5.91. The van der Waals surface area contributed by atoms with Crippen molar-refractivity contribution in [3.8, 4) is 11.3 Å². The van der Waals surface area contributed by atoms with E-state index in [0.29, 0.717) is 16.9 Å². The maximum Gasteiger partial charge on any atom is 0.338 e. The number of ether oxygens (including phenoxy) is 1. The van der Waals surface area contributed by atoms with Gasteiger partial charge in [0.1, 0.15) is 5.76 Å². The third-order valence-corrected chi connectivity index (χ3v) is 3.75. The molecule has 0 fully saturated rings. The number of furan rings is 1. The first kappa shape index (κ1) is 13.1. The van der Waals surface area contributed by atoms with Crippen molar-refractivity contribution in [3.05, 3.63) is 51.9 Å². The second-order valence-corrected chi connectivity index (χ2v) is 5.35. The number of fused-ring (bicyclic) bond motifs is 1. The van der Waals surface area contributed by atoms with Crippen LogP contribution in [0.25, 0.3) is 22.3 Å². The monoisotopic (exact) mass is 379 g/mol. The summed E-state index contributed by atoms with van der Waals surface area (Å²) in [6.07, 6.45) is 3.48. The number of aromatic nitrogens is 1. The number of carbonyl (C=O) groups is 1. The summed E-state index contributed by atoms with van der Waals surface area (Å²) in [4.78, 5) is 15.9. The zero-order valence-electron chi connectivity index (χ0n) is 10.6. The Hall–Kier alpha value is -1.89. The van der Waals surface area contributed by atoms with Crippen LogP contribution in [0.1, 0.15) is 10.4 Å². The summed E-state index contributed by atoms with van der Waals surface area (Å²) in [5, 5.41) is 0.909. The van der Waals surface area contributed by atoms with E-state index in [9.17, 15) is 4.79 Å². The summed E-state index contributed by atoms with van der Waals surface area (Å²) < 4.78 is 11.6. The minimum atomic E-state index is -0.381. The molecular weight excluding hydrogens is 369 g/mol. The number of benzene rings is 1. The number of carbonyl (C=O) groups excluding carboxylic acids is 1. The summed E-state index contributed by atoms with van der Waals surface area (Å²) in [5.74, 6) is 0.251. The Kier molecular flexibility index (Phi) is 3.43. The van der Waals surface area contributed by atoms with Crippen molar-refractivity contribution in [1.82, 2.24) is 4.98 Å². The van der Waals surface area contributed by atoms with Crippen LogP contribution in [0.3, 0.4) is 0 Å². The molecular formula is C15H10INO3. The lowest BCUT2D eigenvalue weighted by Gasteiger charge is -2.04. The van der Waals surface area contributed by atoms with Crippen molar-refractivity contribution < 1.29 is 13.9 Å². The second-order valence-electron chi connectivity index (χ2n) is 4.19. The third kappa shape index (κ3) is 2.18. The van der Waals surface area contributed by atoms with Crippen molar-refractivity contribution in [2.75, 3.05) is 7.11 Å². The molecule has 0 bridgehead atoms. The molecule has 0 saturated heterocycles. The average Bonchev–Trinajstić information content (AvgIpc) is 2.92. The fraction of sp³-hybridized carbons (Fsp3) is 0.0667. The van der Waals surface area contributed by atoms with Crippen molar-refractivity contribution in [2.45, 2.75) is 0 Å². The molecule has 0 atom stereocenters. The van der Waals surface area contributed by atoms with Crippen LogP contribution >= 0.6 is 22.6 Å². The van der Waals surface area contributed by atoms with Gasteiger partial charge in [-0.1, -0.05) is 18.2 Å². The largest absolute Gasteiger partial charge is 0.465 e.